The maximum Gasteiger partial charge on any atom is 0.309 e. The first-order valence-electron chi connectivity index (χ1n) is 14.5. The number of ketones is 2. The summed E-state index contributed by atoms with van der Waals surface area (Å²) in [5.74, 6) is 0.544. The summed E-state index contributed by atoms with van der Waals surface area (Å²) in [6.45, 7) is 7.69. The van der Waals surface area contributed by atoms with E-state index in [9.17, 15) is 19.2 Å². The van der Waals surface area contributed by atoms with E-state index in [-0.39, 0.29) is 59.0 Å². The van der Waals surface area contributed by atoms with Crippen molar-refractivity contribution in [1.29, 1.82) is 0 Å². The molecule has 0 bridgehead atoms. The fourth-order valence-corrected chi connectivity index (χ4v) is 9.37. The highest BCUT2D eigenvalue weighted by Gasteiger charge is 2.64. The number of esters is 2. The fraction of sp³-hybridized carbons (Fsp3) is 0.688. The van der Waals surface area contributed by atoms with Crippen LogP contribution in [0.15, 0.2) is 30.3 Å². The van der Waals surface area contributed by atoms with Gasteiger partial charge in [0.25, 0.3) is 0 Å². The largest absolute Gasteiger partial charge is 0.463 e. The number of hydrogen-bond acceptors (Lipinski definition) is 6. The molecule has 4 aliphatic rings. The minimum atomic E-state index is -0.357. The lowest BCUT2D eigenvalue weighted by atomic mass is 9.44. The van der Waals surface area contributed by atoms with Gasteiger partial charge in [-0.3, -0.25) is 19.2 Å². The third-order valence-corrected chi connectivity index (χ3v) is 11.1. The molecule has 6 nitrogen and oxygen atoms in total. The number of carbonyl (C=O) groups is 4. The Labute approximate surface area is 226 Å². The van der Waals surface area contributed by atoms with Crippen molar-refractivity contribution >= 4 is 23.5 Å². The molecule has 0 aromatic heterocycles. The van der Waals surface area contributed by atoms with Crippen LogP contribution in [-0.2, 0) is 23.9 Å². The molecule has 4 saturated carbocycles. The molecule has 1 aromatic rings. The molecule has 0 heterocycles. The van der Waals surface area contributed by atoms with Crippen molar-refractivity contribution in [2.45, 2.75) is 85.2 Å². The standard InChI is InChI=1S/C32H42O6/c1-19(30(36)37-18-28(35)21-8-6-5-7-9-21)25-12-13-26-24-11-10-22-16-23(38-20(2)33)14-15-31(22,3)29(24)27(34)17-32(25,26)4/h5-9,19,22-26,29H,10-18H2,1-4H3. The molecule has 0 spiro atoms. The van der Waals surface area contributed by atoms with Gasteiger partial charge in [0.2, 0.25) is 0 Å². The van der Waals surface area contributed by atoms with Crippen molar-refractivity contribution in [3.8, 4) is 0 Å². The first kappa shape index (κ1) is 27.1. The molecule has 9 atom stereocenters. The number of carbonyl (C=O) groups excluding carboxylic acids is 4. The van der Waals surface area contributed by atoms with E-state index in [0.717, 1.165) is 44.9 Å². The summed E-state index contributed by atoms with van der Waals surface area (Å²) in [7, 11) is 0. The Morgan fingerprint density at radius 3 is 2.45 bits per heavy atom. The predicted octanol–water partition coefficient (Wildman–Crippen LogP) is 5.82. The van der Waals surface area contributed by atoms with Crippen LogP contribution >= 0.6 is 0 Å². The zero-order chi connectivity index (χ0) is 27.2. The van der Waals surface area contributed by atoms with Crippen LogP contribution in [0.5, 0.6) is 0 Å². The predicted molar refractivity (Wildman–Crippen MR) is 142 cm³/mol. The van der Waals surface area contributed by atoms with Crippen LogP contribution in [0.3, 0.4) is 0 Å². The minimum absolute atomic E-state index is 0.0254. The van der Waals surface area contributed by atoms with Gasteiger partial charge >= 0.3 is 11.9 Å². The molecule has 0 aliphatic heterocycles. The molecule has 9 unspecified atom stereocenters. The van der Waals surface area contributed by atoms with E-state index in [0.29, 0.717) is 35.5 Å². The first-order chi connectivity index (χ1) is 18.0. The van der Waals surface area contributed by atoms with Crippen LogP contribution in [0.1, 0.15) is 89.4 Å². The van der Waals surface area contributed by atoms with Gasteiger partial charge in [-0.15, -0.1) is 0 Å². The third-order valence-electron chi connectivity index (χ3n) is 11.1. The molecule has 4 fully saturated rings. The maximum atomic E-state index is 14.0. The summed E-state index contributed by atoms with van der Waals surface area (Å²) in [5, 5.41) is 0. The summed E-state index contributed by atoms with van der Waals surface area (Å²) >= 11 is 0. The van der Waals surface area contributed by atoms with Crippen LogP contribution in [0.4, 0.5) is 0 Å². The van der Waals surface area contributed by atoms with Gasteiger partial charge in [0, 0.05) is 24.8 Å². The Balaban J connectivity index is 1.27. The molecule has 1 aromatic carbocycles. The molecular formula is C32H42O6. The van der Waals surface area contributed by atoms with Gasteiger partial charge < -0.3 is 9.47 Å². The molecule has 5 rings (SSSR count). The molecule has 206 valence electrons. The summed E-state index contributed by atoms with van der Waals surface area (Å²) in [4.78, 5) is 51.1. The normalized spacial score (nSPS) is 38.8. The SMILES string of the molecule is CC(=O)OC1CCC2(C)C(CCC3C4CCC(C(C)C(=O)OCC(=O)c5ccccc5)C4(C)CC(=O)C32)C1. The van der Waals surface area contributed by atoms with Crippen molar-refractivity contribution in [2.75, 3.05) is 6.61 Å². The summed E-state index contributed by atoms with van der Waals surface area (Å²) in [6.07, 6.45) is 7.15. The van der Waals surface area contributed by atoms with E-state index < -0.39 is 0 Å². The Bertz CT molecular complexity index is 1100. The van der Waals surface area contributed by atoms with E-state index in [1.807, 2.05) is 13.0 Å². The number of rotatable bonds is 6. The smallest absolute Gasteiger partial charge is 0.309 e. The number of ether oxygens (including phenoxy) is 2. The minimum Gasteiger partial charge on any atom is -0.463 e. The molecule has 0 N–H and O–H groups in total. The lowest BCUT2D eigenvalue weighted by molar-refractivity contribution is -0.171. The molecule has 6 heteroatoms. The summed E-state index contributed by atoms with van der Waals surface area (Å²) in [6, 6.07) is 8.89. The topological polar surface area (TPSA) is 86.7 Å². The van der Waals surface area contributed by atoms with Crippen molar-refractivity contribution in [2.24, 2.45) is 46.3 Å². The van der Waals surface area contributed by atoms with Gasteiger partial charge in [0.1, 0.15) is 11.9 Å². The summed E-state index contributed by atoms with van der Waals surface area (Å²) < 4.78 is 11.1. The summed E-state index contributed by atoms with van der Waals surface area (Å²) in [5.41, 5.74) is 0.271. The highest BCUT2D eigenvalue weighted by atomic mass is 16.5. The molecule has 38 heavy (non-hydrogen) atoms. The van der Waals surface area contributed by atoms with Gasteiger partial charge in [-0.2, -0.15) is 0 Å². The zero-order valence-corrected chi connectivity index (χ0v) is 23.2. The van der Waals surface area contributed by atoms with Crippen molar-refractivity contribution < 1.29 is 28.7 Å². The van der Waals surface area contributed by atoms with Crippen LogP contribution in [0.25, 0.3) is 0 Å². The van der Waals surface area contributed by atoms with Gasteiger partial charge in [-0.1, -0.05) is 51.1 Å². The molecule has 4 aliphatic carbocycles. The van der Waals surface area contributed by atoms with Crippen LogP contribution in [0.2, 0.25) is 0 Å². The highest BCUT2D eigenvalue weighted by Crippen LogP contribution is 2.67. The quantitative estimate of drug-likeness (QED) is 0.346. The van der Waals surface area contributed by atoms with Crippen molar-refractivity contribution in [3.63, 3.8) is 0 Å². The Kier molecular flexibility index (Phi) is 7.30. The van der Waals surface area contributed by atoms with E-state index in [1.54, 1.807) is 24.3 Å². The van der Waals surface area contributed by atoms with E-state index in [1.165, 1.54) is 6.92 Å². The van der Waals surface area contributed by atoms with Crippen molar-refractivity contribution in [1.82, 2.24) is 0 Å². The second-order valence-electron chi connectivity index (χ2n) is 13.1. The molecule has 0 radical (unpaired) electrons. The van der Waals surface area contributed by atoms with E-state index in [2.05, 4.69) is 13.8 Å². The molecule has 0 saturated heterocycles. The lowest BCUT2D eigenvalue weighted by Crippen LogP contribution is -2.58. The zero-order valence-electron chi connectivity index (χ0n) is 23.2. The van der Waals surface area contributed by atoms with E-state index in [4.69, 9.17) is 9.47 Å². The number of fused-ring (bicyclic) bond motifs is 5. The lowest BCUT2D eigenvalue weighted by Gasteiger charge is -2.60. The molecule has 0 amide bonds. The average Bonchev–Trinajstić information content (AvgIpc) is 3.23. The first-order valence-corrected chi connectivity index (χ1v) is 14.5. The van der Waals surface area contributed by atoms with Gasteiger partial charge in [-0.05, 0) is 79.4 Å². The Morgan fingerprint density at radius 1 is 1.00 bits per heavy atom. The van der Waals surface area contributed by atoms with E-state index >= 15 is 0 Å². The van der Waals surface area contributed by atoms with Gasteiger partial charge in [-0.25, -0.2) is 0 Å². The second kappa shape index (κ2) is 10.2. The Morgan fingerprint density at radius 2 is 1.74 bits per heavy atom. The number of benzene rings is 1. The second-order valence-corrected chi connectivity index (χ2v) is 13.1. The number of hydrogen-bond donors (Lipinski definition) is 0. The third kappa shape index (κ3) is 4.62. The van der Waals surface area contributed by atoms with Gasteiger partial charge in [0.05, 0.1) is 5.92 Å². The molecular weight excluding hydrogens is 480 g/mol. The average molecular weight is 523 g/mol. The van der Waals surface area contributed by atoms with Gasteiger partial charge in [0.15, 0.2) is 12.4 Å². The van der Waals surface area contributed by atoms with Crippen molar-refractivity contribution in [3.05, 3.63) is 35.9 Å². The van der Waals surface area contributed by atoms with Crippen LogP contribution < -0.4 is 0 Å². The maximum absolute atomic E-state index is 14.0. The Hall–Kier alpha value is -2.50. The fourth-order valence-electron chi connectivity index (χ4n) is 9.37. The number of Topliss-reactive ketones (excluding diaryl/α,β-unsaturated/α-hetero) is 2. The van der Waals surface area contributed by atoms with Crippen LogP contribution in [-0.4, -0.2) is 36.2 Å². The highest BCUT2D eigenvalue weighted by molar-refractivity contribution is 5.98. The monoisotopic (exact) mass is 522 g/mol. The van der Waals surface area contributed by atoms with Crippen LogP contribution in [0, 0.1) is 46.3 Å².